The van der Waals surface area contributed by atoms with E-state index in [2.05, 4.69) is 38.2 Å². The van der Waals surface area contributed by atoms with E-state index in [-0.39, 0.29) is 5.91 Å². The van der Waals surface area contributed by atoms with E-state index < -0.39 is 0 Å². The van der Waals surface area contributed by atoms with Crippen LogP contribution in [0.15, 0.2) is 67.6 Å². The molecule has 7 nitrogen and oxygen atoms in total. The number of carbonyl (C=O) groups excluding carboxylic acids is 1. The van der Waals surface area contributed by atoms with Crippen molar-refractivity contribution < 1.29 is 4.79 Å². The summed E-state index contributed by atoms with van der Waals surface area (Å²) in [5, 5.41) is 16.1. The molecule has 3 heterocycles. The normalized spacial score (nSPS) is 11.1. The van der Waals surface area contributed by atoms with Gasteiger partial charge in [-0.15, -0.1) is 0 Å². The Kier molecular flexibility index (Phi) is 3.58. The van der Waals surface area contributed by atoms with Crippen molar-refractivity contribution in [1.29, 1.82) is 0 Å². The van der Waals surface area contributed by atoms with Crippen LogP contribution in [0.4, 0.5) is 5.69 Å². The number of hydrogen-bond acceptors (Lipinski definition) is 3. The zero-order chi connectivity index (χ0) is 19.1. The summed E-state index contributed by atoms with van der Waals surface area (Å²) in [6, 6.07) is 13.8. The minimum absolute atomic E-state index is 0.267. The number of anilines is 1. The van der Waals surface area contributed by atoms with Gasteiger partial charge in [0.1, 0.15) is 5.69 Å². The Bertz CT molecular complexity index is 1340. The Labute approximate surface area is 159 Å². The van der Waals surface area contributed by atoms with E-state index in [1.54, 1.807) is 18.5 Å². The van der Waals surface area contributed by atoms with Crippen molar-refractivity contribution in [3.05, 3.63) is 73.3 Å². The van der Waals surface area contributed by atoms with Gasteiger partial charge in [-0.05, 0) is 41.5 Å². The Morgan fingerprint density at radius 1 is 1.14 bits per heavy atom. The first-order chi connectivity index (χ1) is 13.7. The highest BCUT2D eigenvalue weighted by atomic mass is 16.2. The van der Waals surface area contributed by atoms with Gasteiger partial charge in [-0.2, -0.15) is 10.2 Å². The second-order valence-corrected chi connectivity index (χ2v) is 6.40. The summed E-state index contributed by atoms with van der Waals surface area (Å²) < 4.78 is 1.44. The van der Waals surface area contributed by atoms with Crippen LogP contribution in [0.1, 0.15) is 10.5 Å². The first-order valence-corrected chi connectivity index (χ1v) is 8.75. The number of nitrogens with one attached hydrogen (secondary N) is 3. The minimum atomic E-state index is -0.267. The van der Waals surface area contributed by atoms with Gasteiger partial charge in [0.25, 0.3) is 5.91 Å². The molecule has 0 saturated heterocycles. The third kappa shape index (κ3) is 2.49. The highest BCUT2D eigenvalue weighted by Gasteiger charge is 2.15. The van der Waals surface area contributed by atoms with Crippen LogP contribution >= 0.6 is 0 Å². The maximum absolute atomic E-state index is 12.8. The third-order valence-corrected chi connectivity index (χ3v) is 4.79. The number of amides is 1. The van der Waals surface area contributed by atoms with Crippen molar-refractivity contribution >= 4 is 39.6 Å². The molecule has 0 aliphatic rings. The van der Waals surface area contributed by atoms with Crippen molar-refractivity contribution in [1.82, 2.24) is 25.0 Å². The van der Waals surface area contributed by atoms with Crippen molar-refractivity contribution in [3.63, 3.8) is 0 Å². The Balaban J connectivity index is 1.63. The van der Waals surface area contributed by atoms with E-state index in [1.165, 1.54) is 10.9 Å². The fourth-order valence-electron chi connectivity index (χ4n) is 3.47. The van der Waals surface area contributed by atoms with Crippen LogP contribution in [-0.4, -0.2) is 30.9 Å². The molecule has 0 aliphatic heterocycles. The average molecular weight is 368 g/mol. The van der Waals surface area contributed by atoms with E-state index in [9.17, 15) is 4.79 Å². The van der Waals surface area contributed by atoms with Crippen LogP contribution < -0.4 is 5.32 Å². The molecule has 3 N–H and O–H groups in total. The molecule has 0 atom stereocenters. The molecule has 0 radical (unpaired) electrons. The summed E-state index contributed by atoms with van der Waals surface area (Å²) in [4.78, 5) is 16.0. The van der Waals surface area contributed by atoms with Crippen LogP contribution in [0.25, 0.3) is 39.1 Å². The van der Waals surface area contributed by atoms with E-state index in [0.29, 0.717) is 11.4 Å². The zero-order valence-corrected chi connectivity index (χ0v) is 14.8. The predicted molar refractivity (Wildman–Crippen MR) is 110 cm³/mol. The Morgan fingerprint density at radius 2 is 2.07 bits per heavy atom. The maximum Gasteiger partial charge on any atom is 0.274 e. The topological polar surface area (TPSA) is 91.4 Å². The Morgan fingerprint density at radius 3 is 2.96 bits per heavy atom. The SMILES string of the molecule is C=Cn1nccc1C(=O)Nc1cc(-c2cccc3[nH]ccc23)cc2[nH]ncc12. The molecule has 0 saturated carbocycles. The minimum Gasteiger partial charge on any atom is -0.361 e. The van der Waals surface area contributed by atoms with Crippen LogP contribution in [0.5, 0.6) is 0 Å². The third-order valence-electron chi connectivity index (χ3n) is 4.79. The Hall–Kier alpha value is -4.13. The number of aromatic amines is 2. The molecule has 7 heteroatoms. The number of fused-ring (bicyclic) bond motifs is 2. The molecule has 0 fully saturated rings. The van der Waals surface area contributed by atoms with Gasteiger partial charge < -0.3 is 10.3 Å². The standard InChI is InChI=1S/C21H16N6O/c1-2-27-20(7-9-24-27)21(28)25-18-10-13(11-19-16(18)12-23-26-19)14-4-3-5-17-15(14)6-8-22-17/h2-12,22H,1H2,(H,23,26)(H,25,28). The predicted octanol–water partition coefficient (Wildman–Crippen LogP) is 4.26. The van der Waals surface area contributed by atoms with Crippen LogP contribution in [0, 0.1) is 0 Å². The summed E-state index contributed by atoms with van der Waals surface area (Å²) in [6.45, 7) is 3.68. The first-order valence-electron chi connectivity index (χ1n) is 8.75. The summed E-state index contributed by atoms with van der Waals surface area (Å²) >= 11 is 0. The van der Waals surface area contributed by atoms with Crippen LogP contribution in [0.3, 0.4) is 0 Å². The molecule has 0 aliphatic carbocycles. The van der Waals surface area contributed by atoms with Gasteiger partial charge in [0, 0.05) is 28.7 Å². The van der Waals surface area contributed by atoms with Gasteiger partial charge in [0.05, 0.1) is 23.6 Å². The van der Waals surface area contributed by atoms with E-state index in [0.717, 1.165) is 32.9 Å². The number of nitrogens with zero attached hydrogens (tertiary/aromatic N) is 3. The lowest BCUT2D eigenvalue weighted by atomic mass is 9.99. The van der Waals surface area contributed by atoms with Crippen molar-refractivity contribution in [2.24, 2.45) is 0 Å². The second-order valence-electron chi connectivity index (χ2n) is 6.40. The first kappa shape index (κ1) is 16.1. The number of benzene rings is 2. The van der Waals surface area contributed by atoms with Gasteiger partial charge in [0.2, 0.25) is 0 Å². The van der Waals surface area contributed by atoms with Crippen molar-refractivity contribution in [3.8, 4) is 11.1 Å². The highest BCUT2D eigenvalue weighted by molar-refractivity contribution is 6.10. The highest BCUT2D eigenvalue weighted by Crippen LogP contribution is 2.34. The summed E-state index contributed by atoms with van der Waals surface area (Å²) in [5.74, 6) is -0.267. The number of aromatic nitrogens is 5. The molecule has 0 bridgehead atoms. The quantitative estimate of drug-likeness (QED) is 0.443. The number of carbonyl (C=O) groups is 1. The van der Waals surface area contributed by atoms with Gasteiger partial charge in [-0.3, -0.25) is 9.89 Å². The summed E-state index contributed by atoms with van der Waals surface area (Å²) in [7, 11) is 0. The van der Waals surface area contributed by atoms with Gasteiger partial charge in [-0.25, -0.2) is 4.68 Å². The molecule has 28 heavy (non-hydrogen) atoms. The monoisotopic (exact) mass is 368 g/mol. The fourth-order valence-corrected chi connectivity index (χ4v) is 3.47. The molecular formula is C21H16N6O. The largest absolute Gasteiger partial charge is 0.361 e. The van der Waals surface area contributed by atoms with Crippen molar-refractivity contribution in [2.45, 2.75) is 0 Å². The molecule has 2 aromatic carbocycles. The van der Waals surface area contributed by atoms with Gasteiger partial charge >= 0.3 is 0 Å². The lowest BCUT2D eigenvalue weighted by Crippen LogP contribution is -2.15. The van der Waals surface area contributed by atoms with Crippen LogP contribution in [0.2, 0.25) is 0 Å². The molecule has 0 unspecified atom stereocenters. The number of H-pyrrole nitrogens is 2. The lowest BCUT2D eigenvalue weighted by Gasteiger charge is -2.11. The van der Waals surface area contributed by atoms with Crippen molar-refractivity contribution in [2.75, 3.05) is 5.32 Å². The molecule has 5 aromatic rings. The summed E-state index contributed by atoms with van der Waals surface area (Å²) in [6.07, 6.45) is 6.68. The maximum atomic E-state index is 12.8. The summed E-state index contributed by atoms with van der Waals surface area (Å²) in [5.41, 5.74) is 5.04. The average Bonchev–Trinajstić information content (AvgIpc) is 3.46. The van der Waals surface area contributed by atoms with Gasteiger partial charge in [-0.1, -0.05) is 18.7 Å². The molecule has 1 amide bonds. The van der Waals surface area contributed by atoms with Crippen LogP contribution in [-0.2, 0) is 0 Å². The fraction of sp³-hybridized carbons (Fsp3) is 0. The van der Waals surface area contributed by atoms with E-state index in [1.807, 2.05) is 36.5 Å². The molecular weight excluding hydrogens is 352 g/mol. The van der Waals surface area contributed by atoms with E-state index in [4.69, 9.17) is 0 Å². The molecule has 3 aromatic heterocycles. The number of rotatable bonds is 4. The smallest absolute Gasteiger partial charge is 0.274 e. The second kappa shape index (κ2) is 6.24. The lowest BCUT2D eigenvalue weighted by molar-refractivity contribution is 0.102. The molecule has 0 spiro atoms. The number of hydrogen-bond donors (Lipinski definition) is 3. The molecule has 5 rings (SSSR count). The zero-order valence-electron chi connectivity index (χ0n) is 14.8. The molecule has 136 valence electrons. The van der Waals surface area contributed by atoms with Gasteiger partial charge in [0.15, 0.2) is 0 Å². The van der Waals surface area contributed by atoms with E-state index >= 15 is 0 Å².